The number of aliphatic hydroxyl groups is 1. The van der Waals surface area contributed by atoms with Gasteiger partial charge < -0.3 is 9.84 Å². The Labute approximate surface area is 106 Å². The molecule has 0 aromatic heterocycles. The van der Waals surface area contributed by atoms with E-state index in [4.69, 9.17) is 9.29 Å². The maximum Gasteiger partial charge on any atom is 0.294 e. The van der Waals surface area contributed by atoms with E-state index in [1.54, 1.807) is 0 Å². The van der Waals surface area contributed by atoms with Crippen molar-refractivity contribution < 1.29 is 22.8 Å². The fourth-order valence-corrected chi connectivity index (χ4v) is 2.00. The maximum atomic E-state index is 10.9. The molecule has 5 nitrogen and oxygen atoms in total. The number of ether oxygens (including phenoxy) is 1. The highest BCUT2D eigenvalue weighted by molar-refractivity contribution is 7.85. The van der Waals surface area contributed by atoms with Crippen LogP contribution in [0.2, 0.25) is 0 Å². The van der Waals surface area contributed by atoms with Crippen molar-refractivity contribution in [3.63, 3.8) is 0 Å². The molecule has 0 radical (unpaired) electrons. The number of benzene rings is 1. The molecule has 6 heteroatoms. The first-order chi connectivity index (χ1) is 8.34. The highest BCUT2D eigenvalue weighted by Crippen LogP contribution is 2.20. The van der Waals surface area contributed by atoms with E-state index in [1.165, 1.54) is 31.4 Å². The van der Waals surface area contributed by atoms with Crippen LogP contribution in [-0.4, -0.2) is 37.9 Å². The molecule has 1 atom stereocenters. The minimum atomic E-state index is -4.18. The monoisotopic (exact) mass is 272 g/mol. The van der Waals surface area contributed by atoms with Crippen LogP contribution in [-0.2, 0) is 14.9 Å². The minimum absolute atomic E-state index is 0.170. The van der Waals surface area contributed by atoms with Crippen molar-refractivity contribution in [1.82, 2.24) is 0 Å². The van der Waals surface area contributed by atoms with E-state index >= 15 is 0 Å². The molecule has 0 aliphatic heterocycles. The van der Waals surface area contributed by atoms with Crippen LogP contribution >= 0.6 is 0 Å². The van der Waals surface area contributed by atoms with Gasteiger partial charge in [-0.3, -0.25) is 4.55 Å². The molecule has 0 aliphatic carbocycles. The quantitative estimate of drug-likeness (QED) is 0.764. The molecule has 0 aliphatic rings. The zero-order valence-corrected chi connectivity index (χ0v) is 10.9. The molecule has 0 heterocycles. The van der Waals surface area contributed by atoms with E-state index in [1.807, 2.05) is 0 Å². The minimum Gasteiger partial charge on any atom is -0.390 e. The second-order valence-corrected chi connectivity index (χ2v) is 5.34. The van der Waals surface area contributed by atoms with Crippen molar-refractivity contribution in [2.24, 2.45) is 0 Å². The van der Waals surface area contributed by atoms with Gasteiger partial charge in [0.2, 0.25) is 0 Å². The highest BCUT2D eigenvalue weighted by Gasteiger charge is 2.11. The van der Waals surface area contributed by atoms with Gasteiger partial charge in [0.05, 0.1) is 17.6 Å². The van der Waals surface area contributed by atoms with Gasteiger partial charge in [-0.25, -0.2) is 0 Å². The summed E-state index contributed by atoms with van der Waals surface area (Å²) in [4.78, 5) is -0.170. The molecule has 100 valence electrons. The van der Waals surface area contributed by atoms with Gasteiger partial charge in [-0.05, 0) is 23.3 Å². The fourth-order valence-electron chi connectivity index (χ4n) is 1.52. The van der Waals surface area contributed by atoms with Crippen LogP contribution in [0.25, 0.3) is 5.57 Å². The summed E-state index contributed by atoms with van der Waals surface area (Å²) >= 11 is 0. The summed E-state index contributed by atoms with van der Waals surface area (Å²) in [5.41, 5.74) is 1.37. The van der Waals surface area contributed by atoms with E-state index in [2.05, 4.69) is 6.58 Å². The molecule has 1 unspecified atom stereocenters. The van der Waals surface area contributed by atoms with Crippen LogP contribution in [0, 0.1) is 0 Å². The van der Waals surface area contributed by atoms with Crippen LogP contribution < -0.4 is 0 Å². The number of hydrogen-bond acceptors (Lipinski definition) is 4. The summed E-state index contributed by atoms with van der Waals surface area (Å²) in [6.45, 7) is 4.02. The number of methoxy groups -OCH3 is 1. The lowest BCUT2D eigenvalue weighted by Gasteiger charge is -2.11. The molecule has 1 aromatic rings. The molecule has 0 saturated carbocycles. The highest BCUT2D eigenvalue weighted by atomic mass is 32.2. The van der Waals surface area contributed by atoms with Crippen molar-refractivity contribution >= 4 is 15.7 Å². The molecule has 0 amide bonds. The van der Waals surface area contributed by atoms with E-state index < -0.39 is 16.2 Å². The lowest BCUT2D eigenvalue weighted by atomic mass is 10.0. The van der Waals surface area contributed by atoms with Crippen molar-refractivity contribution in [2.45, 2.75) is 17.4 Å². The second kappa shape index (κ2) is 6.10. The molecular formula is C12H16O5S. The van der Waals surface area contributed by atoms with E-state index in [9.17, 15) is 13.5 Å². The zero-order chi connectivity index (χ0) is 13.8. The molecule has 18 heavy (non-hydrogen) atoms. The predicted octanol–water partition coefficient (Wildman–Crippen LogP) is 1.34. The van der Waals surface area contributed by atoms with E-state index in [0.717, 1.165) is 0 Å². The smallest absolute Gasteiger partial charge is 0.294 e. The van der Waals surface area contributed by atoms with Gasteiger partial charge in [-0.15, -0.1) is 0 Å². The Morgan fingerprint density at radius 2 is 1.94 bits per heavy atom. The van der Waals surface area contributed by atoms with Crippen LogP contribution in [0.4, 0.5) is 0 Å². The maximum absolute atomic E-state index is 10.9. The topological polar surface area (TPSA) is 83.8 Å². The number of hydrogen-bond donors (Lipinski definition) is 2. The molecule has 1 rings (SSSR count). The first-order valence-corrected chi connectivity index (χ1v) is 6.71. The van der Waals surface area contributed by atoms with Crippen LogP contribution in [0.3, 0.4) is 0 Å². The Bertz CT molecular complexity index is 504. The SMILES string of the molecule is C=C(CC(O)COC)c1ccc(S(=O)(=O)O)cc1. The third-order valence-electron chi connectivity index (χ3n) is 2.40. The largest absolute Gasteiger partial charge is 0.390 e. The van der Waals surface area contributed by atoms with Gasteiger partial charge in [0, 0.05) is 13.5 Å². The molecule has 1 aromatic carbocycles. The number of aliphatic hydroxyl groups excluding tert-OH is 1. The molecule has 0 fully saturated rings. The van der Waals surface area contributed by atoms with E-state index in [0.29, 0.717) is 17.6 Å². The Morgan fingerprint density at radius 1 is 1.39 bits per heavy atom. The van der Waals surface area contributed by atoms with Gasteiger partial charge in [-0.2, -0.15) is 8.42 Å². The standard InChI is InChI=1S/C12H16O5S/c1-9(7-11(13)8-17-2)10-3-5-12(6-4-10)18(14,15)16/h3-6,11,13H,1,7-8H2,2H3,(H,14,15,16). The van der Waals surface area contributed by atoms with Crippen LogP contribution in [0.1, 0.15) is 12.0 Å². The van der Waals surface area contributed by atoms with Gasteiger partial charge in [-0.1, -0.05) is 18.7 Å². The summed E-state index contributed by atoms with van der Waals surface area (Å²) in [6.07, 6.45) is -0.317. The van der Waals surface area contributed by atoms with Gasteiger partial charge in [0.25, 0.3) is 10.1 Å². The van der Waals surface area contributed by atoms with Crippen molar-refractivity contribution in [3.8, 4) is 0 Å². The first kappa shape index (κ1) is 14.8. The lowest BCUT2D eigenvalue weighted by molar-refractivity contribution is 0.0681. The first-order valence-electron chi connectivity index (χ1n) is 5.27. The molecule has 0 spiro atoms. The second-order valence-electron chi connectivity index (χ2n) is 3.92. The van der Waals surface area contributed by atoms with Crippen LogP contribution in [0.15, 0.2) is 35.7 Å². The summed E-state index contributed by atoms with van der Waals surface area (Å²) in [5, 5.41) is 9.54. The third-order valence-corrected chi connectivity index (χ3v) is 3.27. The van der Waals surface area contributed by atoms with Crippen molar-refractivity contribution in [2.75, 3.05) is 13.7 Å². The van der Waals surface area contributed by atoms with Crippen molar-refractivity contribution in [1.29, 1.82) is 0 Å². The summed E-state index contributed by atoms with van der Waals surface area (Å²) < 4.78 is 35.3. The van der Waals surface area contributed by atoms with Gasteiger partial charge in [0.1, 0.15) is 0 Å². The average Bonchev–Trinajstić information content (AvgIpc) is 2.28. The molecule has 0 saturated heterocycles. The molecular weight excluding hydrogens is 256 g/mol. The number of rotatable bonds is 6. The molecule has 2 N–H and O–H groups in total. The fraction of sp³-hybridized carbons (Fsp3) is 0.333. The van der Waals surface area contributed by atoms with Gasteiger partial charge >= 0.3 is 0 Å². The van der Waals surface area contributed by atoms with Crippen molar-refractivity contribution in [3.05, 3.63) is 36.4 Å². The Kier molecular flexibility index (Phi) is 5.03. The lowest BCUT2D eigenvalue weighted by Crippen LogP contribution is -2.14. The Hall–Kier alpha value is -1.21. The zero-order valence-electron chi connectivity index (χ0n) is 10.0. The normalized spacial score (nSPS) is 13.3. The Balaban J connectivity index is 2.77. The summed E-state index contributed by atoms with van der Waals surface area (Å²) in [7, 11) is -2.68. The summed E-state index contributed by atoms with van der Waals surface area (Å²) in [5.74, 6) is 0. The average molecular weight is 272 g/mol. The van der Waals surface area contributed by atoms with Gasteiger partial charge in [0.15, 0.2) is 0 Å². The van der Waals surface area contributed by atoms with Crippen LogP contribution in [0.5, 0.6) is 0 Å². The van der Waals surface area contributed by atoms with E-state index in [-0.39, 0.29) is 11.5 Å². The third kappa shape index (κ3) is 4.23. The summed E-state index contributed by atoms with van der Waals surface area (Å²) in [6, 6.07) is 5.65. The Morgan fingerprint density at radius 3 is 2.39 bits per heavy atom. The predicted molar refractivity (Wildman–Crippen MR) is 67.8 cm³/mol. The molecule has 0 bridgehead atoms.